The molecule has 0 spiro atoms. The summed E-state index contributed by atoms with van der Waals surface area (Å²) in [5, 5.41) is 5.23. The molecule has 1 aromatic rings. The van der Waals surface area contributed by atoms with E-state index in [4.69, 9.17) is 34.8 Å². The standard InChI is InChI=1S/C15H22Cl3N/c1-3-4-5-6-7-11(2)19-10-12-13(16)8-9-14(17)15(12)18/h8-9,11,19H,3-7,10H2,1-2H3. The molecule has 0 amide bonds. The van der Waals surface area contributed by atoms with E-state index in [1.54, 1.807) is 12.1 Å². The predicted molar refractivity (Wildman–Crippen MR) is 86.5 cm³/mol. The van der Waals surface area contributed by atoms with Crippen LogP contribution in [0, 0.1) is 0 Å². The van der Waals surface area contributed by atoms with E-state index >= 15 is 0 Å². The molecule has 0 aromatic heterocycles. The predicted octanol–water partition coefficient (Wildman–Crippen LogP) is 6.10. The van der Waals surface area contributed by atoms with Crippen LogP contribution in [0.15, 0.2) is 12.1 Å². The second-order valence-corrected chi connectivity index (χ2v) is 6.15. The summed E-state index contributed by atoms with van der Waals surface area (Å²) in [6.07, 6.45) is 6.34. The molecule has 19 heavy (non-hydrogen) atoms. The molecular formula is C15H22Cl3N. The highest BCUT2D eigenvalue weighted by atomic mass is 35.5. The van der Waals surface area contributed by atoms with Gasteiger partial charge in [-0.1, -0.05) is 67.4 Å². The third kappa shape index (κ3) is 5.91. The van der Waals surface area contributed by atoms with Crippen molar-refractivity contribution in [3.8, 4) is 0 Å². The van der Waals surface area contributed by atoms with E-state index in [0.717, 1.165) is 5.56 Å². The van der Waals surface area contributed by atoms with Gasteiger partial charge in [0.15, 0.2) is 0 Å². The minimum Gasteiger partial charge on any atom is -0.310 e. The molecule has 0 heterocycles. The van der Waals surface area contributed by atoms with Gasteiger partial charge in [-0.25, -0.2) is 0 Å². The summed E-state index contributed by atoms with van der Waals surface area (Å²) in [4.78, 5) is 0. The fraction of sp³-hybridized carbons (Fsp3) is 0.600. The van der Waals surface area contributed by atoms with Crippen molar-refractivity contribution in [3.63, 3.8) is 0 Å². The van der Waals surface area contributed by atoms with Crippen LogP contribution in [-0.2, 0) is 6.54 Å². The lowest BCUT2D eigenvalue weighted by atomic mass is 10.1. The molecular weight excluding hydrogens is 301 g/mol. The summed E-state index contributed by atoms with van der Waals surface area (Å²) in [7, 11) is 0. The Balaban J connectivity index is 2.42. The van der Waals surface area contributed by atoms with E-state index in [2.05, 4.69) is 19.2 Å². The first-order valence-corrected chi connectivity index (χ1v) is 8.05. The molecule has 1 nitrogen and oxygen atoms in total. The number of nitrogens with one attached hydrogen (secondary N) is 1. The number of benzene rings is 1. The van der Waals surface area contributed by atoms with Crippen molar-refractivity contribution in [3.05, 3.63) is 32.8 Å². The third-order valence-corrected chi connectivity index (χ3v) is 4.45. The molecule has 0 fully saturated rings. The molecule has 1 N–H and O–H groups in total. The first-order chi connectivity index (χ1) is 9.06. The van der Waals surface area contributed by atoms with Crippen LogP contribution in [0.2, 0.25) is 15.1 Å². The van der Waals surface area contributed by atoms with Crippen molar-refractivity contribution in [2.45, 2.75) is 58.5 Å². The Morgan fingerprint density at radius 1 is 1.05 bits per heavy atom. The van der Waals surface area contributed by atoms with Gasteiger partial charge in [0.1, 0.15) is 0 Å². The highest BCUT2D eigenvalue weighted by Gasteiger charge is 2.10. The van der Waals surface area contributed by atoms with Crippen LogP contribution in [-0.4, -0.2) is 6.04 Å². The summed E-state index contributed by atoms with van der Waals surface area (Å²) in [6, 6.07) is 3.98. The Hall–Kier alpha value is 0.0500. The maximum Gasteiger partial charge on any atom is 0.0652 e. The average Bonchev–Trinajstić information content (AvgIpc) is 2.39. The van der Waals surface area contributed by atoms with Crippen LogP contribution in [0.1, 0.15) is 51.5 Å². The second-order valence-electron chi connectivity index (χ2n) is 4.95. The zero-order valence-corrected chi connectivity index (χ0v) is 13.9. The van der Waals surface area contributed by atoms with Crippen molar-refractivity contribution >= 4 is 34.8 Å². The van der Waals surface area contributed by atoms with Crippen molar-refractivity contribution in [2.24, 2.45) is 0 Å². The van der Waals surface area contributed by atoms with Crippen LogP contribution in [0.25, 0.3) is 0 Å². The quantitative estimate of drug-likeness (QED) is 0.450. The molecule has 0 aliphatic rings. The lowest BCUT2D eigenvalue weighted by Crippen LogP contribution is -2.25. The third-order valence-electron chi connectivity index (χ3n) is 3.26. The van der Waals surface area contributed by atoms with Crippen LogP contribution in [0.3, 0.4) is 0 Å². The molecule has 1 aromatic carbocycles. The van der Waals surface area contributed by atoms with E-state index in [9.17, 15) is 0 Å². The van der Waals surface area contributed by atoms with Crippen molar-refractivity contribution in [1.29, 1.82) is 0 Å². The fourth-order valence-corrected chi connectivity index (χ4v) is 2.67. The van der Waals surface area contributed by atoms with Crippen LogP contribution in [0.5, 0.6) is 0 Å². The van der Waals surface area contributed by atoms with E-state index in [-0.39, 0.29) is 0 Å². The minimum atomic E-state index is 0.461. The smallest absolute Gasteiger partial charge is 0.0652 e. The number of halogens is 3. The van der Waals surface area contributed by atoms with Gasteiger partial charge in [0.2, 0.25) is 0 Å². The Bertz CT molecular complexity index is 393. The maximum absolute atomic E-state index is 6.17. The van der Waals surface area contributed by atoms with E-state index in [0.29, 0.717) is 27.7 Å². The monoisotopic (exact) mass is 321 g/mol. The second kappa shape index (κ2) is 9.07. The van der Waals surface area contributed by atoms with Gasteiger partial charge in [-0.3, -0.25) is 0 Å². The summed E-state index contributed by atoms with van der Waals surface area (Å²) in [5.74, 6) is 0. The van der Waals surface area contributed by atoms with E-state index < -0.39 is 0 Å². The Morgan fingerprint density at radius 3 is 2.42 bits per heavy atom. The molecule has 4 heteroatoms. The van der Waals surface area contributed by atoms with Crippen molar-refractivity contribution in [1.82, 2.24) is 5.32 Å². The first kappa shape index (κ1) is 17.1. The number of hydrogen-bond acceptors (Lipinski definition) is 1. The number of unbranched alkanes of at least 4 members (excludes halogenated alkanes) is 3. The summed E-state index contributed by atoms with van der Waals surface area (Å²) >= 11 is 18.3. The molecule has 0 bridgehead atoms. The van der Waals surface area contributed by atoms with E-state index in [1.165, 1.54) is 32.1 Å². The molecule has 1 unspecified atom stereocenters. The fourth-order valence-electron chi connectivity index (χ4n) is 1.99. The summed E-state index contributed by atoms with van der Waals surface area (Å²) < 4.78 is 0. The van der Waals surface area contributed by atoms with E-state index in [1.807, 2.05) is 0 Å². The number of rotatable bonds is 8. The molecule has 108 valence electrons. The molecule has 0 saturated heterocycles. The Labute approximate surface area is 131 Å². The van der Waals surface area contributed by atoms with Gasteiger partial charge in [0, 0.05) is 23.2 Å². The highest BCUT2D eigenvalue weighted by Crippen LogP contribution is 2.31. The Morgan fingerprint density at radius 2 is 1.74 bits per heavy atom. The lowest BCUT2D eigenvalue weighted by Gasteiger charge is -2.15. The molecule has 0 saturated carbocycles. The topological polar surface area (TPSA) is 12.0 Å². The van der Waals surface area contributed by atoms with Crippen molar-refractivity contribution < 1.29 is 0 Å². The number of hydrogen-bond donors (Lipinski definition) is 1. The van der Waals surface area contributed by atoms with Gasteiger partial charge in [0.05, 0.1) is 10.0 Å². The zero-order chi connectivity index (χ0) is 14.3. The highest BCUT2D eigenvalue weighted by molar-refractivity contribution is 6.44. The molecule has 0 aliphatic heterocycles. The van der Waals surface area contributed by atoms with Crippen LogP contribution < -0.4 is 5.32 Å². The van der Waals surface area contributed by atoms with Gasteiger partial charge in [0.25, 0.3) is 0 Å². The Kier molecular flexibility index (Phi) is 8.17. The summed E-state index contributed by atoms with van der Waals surface area (Å²) in [5.41, 5.74) is 0.885. The molecule has 1 rings (SSSR count). The zero-order valence-electron chi connectivity index (χ0n) is 11.6. The first-order valence-electron chi connectivity index (χ1n) is 6.92. The summed E-state index contributed by atoms with van der Waals surface area (Å²) in [6.45, 7) is 5.08. The SMILES string of the molecule is CCCCCCC(C)NCc1c(Cl)ccc(Cl)c1Cl. The van der Waals surface area contributed by atoms with Crippen molar-refractivity contribution in [2.75, 3.05) is 0 Å². The molecule has 1 atom stereocenters. The van der Waals surface area contributed by atoms with Gasteiger partial charge in [-0.05, 0) is 25.5 Å². The van der Waals surface area contributed by atoms with Crippen LogP contribution >= 0.6 is 34.8 Å². The molecule has 0 radical (unpaired) electrons. The molecule has 0 aliphatic carbocycles. The average molecular weight is 323 g/mol. The van der Waals surface area contributed by atoms with Gasteiger partial charge < -0.3 is 5.32 Å². The largest absolute Gasteiger partial charge is 0.310 e. The van der Waals surface area contributed by atoms with Gasteiger partial charge in [-0.15, -0.1) is 0 Å². The minimum absolute atomic E-state index is 0.461. The van der Waals surface area contributed by atoms with Crippen LogP contribution in [0.4, 0.5) is 0 Å². The maximum atomic E-state index is 6.17. The van der Waals surface area contributed by atoms with Gasteiger partial charge in [-0.2, -0.15) is 0 Å². The normalized spacial score (nSPS) is 12.7. The lowest BCUT2D eigenvalue weighted by molar-refractivity contribution is 0.483. The van der Waals surface area contributed by atoms with Gasteiger partial charge >= 0.3 is 0 Å².